The molecule has 2 rings (SSSR count). The number of hydrogen-bond donors (Lipinski definition) is 1. The van der Waals surface area contributed by atoms with Crippen LogP contribution in [-0.2, 0) is 16.0 Å². The molecule has 116 valence electrons. The molecular formula is C17H25NO3. The van der Waals surface area contributed by atoms with E-state index in [4.69, 9.17) is 4.74 Å². The molecule has 0 aromatic heterocycles. The van der Waals surface area contributed by atoms with Crippen molar-refractivity contribution in [3.05, 3.63) is 35.4 Å². The summed E-state index contributed by atoms with van der Waals surface area (Å²) in [6.45, 7) is 5.51. The first-order chi connectivity index (χ1) is 10.2. The number of carbonyl (C=O) groups excluding carboxylic acids is 1. The van der Waals surface area contributed by atoms with E-state index in [1.54, 1.807) is 6.92 Å². The highest BCUT2D eigenvalue weighted by Crippen LogP contribution is 2.16. The van der Waals surface area contributed by atoms with Gasteiger partial charge in [0.2, 0.25) is 0 Å². The first kappa shape index (κ1) is 16.0. The van der Waals surface area contributed by atoms with Crippen LogP contribution in [0.15, 0.2) is 24.3 Å². The topological polar surface area (TPSA) is 49.8 Å². The van der Waals surface area contributed by atoms with Crippen molar-refractivity contribution in [1.29, 1.82) is 0 Å². The minimum Gasteiger partial charge on any atom is -0.464 e. The molecule has 4 nitrogen and oxygen atoms in total. The molecule has 1 atom stereocenters. The second-order valence-electron chi connectivity index (χ2n) is 5.55. The number of aliphatic hydroxyl groups excluding tert-OH is 1. The molecule has 1 aromatic carbocycles. The Labute approximate surface area is 126 Å². The molecule has 0 spiro atoms. The maximum Gasteiger partial charge on any atom is 0.339 e. The summed E-state index contributed by atoms with van der Waals surface area (Å²) in [7, 11) is 0. The van der Waals surface area contributed by atoms with Crippen molar-refractivity contribution in [2.24, 2.45) is 0 Å². The van der Waals surface area contributed by atoms with E-state index in [0.29, 0.717) is 5.56 Å². The lowest BCUT2D eigenvalue weighted by atomic mass is 10.0. The van der Waals surface area contributed by atoms with Gasteiger partial charge in [0.25, 0.3) is 0 Å². The molecule has 1 aromatic rings. The summed E-state index contributed by atoms with van der Waals surface area (Å²) >= 11 is 0. The maximum atomic E-state index is 11.5. The molecule has 0 amide bonds. The highest BCUT2D eigenvalue weighted by molar-refractivity contribution is 5.76. The predicted octanol–water partition coefficient (Wildman–Crippen LogP) is 2.31. The molecule has 1 N–H and O–H groups in total. The fourth-order valence-corrected chi connectivity index (χ4v) is 2.69. The van der Waals surface area contributed by atoms with Crippen LogP contribution in [0.25, 0.3) is 0 Å². The first-order valence-electron chi connectivity index (χ1n) is 7.86. The van der Waals surface area contributed by atoms with Crippen molar-refractivity contribution in [1.82, 2.24) is 4.90 Å². The standard InChI is InChI=1S/C17H25NO3/c1-2-21-17(20)16(19)15-8-6-14(7-9-15)10-13-18-11-4-3-5-12-18/h6-9,16,19H,2-5,10-13H2,1H3. The van der Waals surface area contributed by atoms with Gasteiger partial charge in [0.1, 0.15) is 0 Å². The number of piperidine rings is 1. The van der Waals surface area contributed by atoms with Gasteiger partial charge in [-0.25, -0.2) is 4.79 Å². The van der Waals surface area contributed by atoms with E-state index < -0.39 is 12.1 Å². The van der Waals surface area contributed by atoms with Gasteiger partial charge in [-0.1, -0.05) is 30.7 Å². The number of carbonyl (C=O) groups is 1. The Bertz CT molecular complexity index is 438. The molecule has 21 heavy (non-hydrogen) atoms. The van der Waals surface area contributed by atoms with E-state index in [2.05, 4.69) is 4.90 Å². The Kier molecular flexibility index (Phi) is 6.21. The lowest BCUT2D eigenvalue weighted by molar-refractivity contribution is -0.153. The zero-order valence-corrected chi connectivity index (χ0v) is 12.8. The van der Waals surface area contributed by atoms with Gasteiger partial charge in [0.15, 0.2) is 6.10 Å². The van der Waals surface area contributed by atoms with Gasteiger partial charge in [-0.3, -0.25) is 0 Å². The Morgan fingerprint density at radius 3 is 2.52 bits per heavy atom. The Balaban J connectivity index is 1.84. The van der Waals surface area contributed by atoms with E-state index in [1.165, 1.54) is 37.9 Å². The number of ether oxygens (including phenoxy) is 1. The Hall–Kier alpha value is -1.39. The van der Waals surface area contributed by atoms with E-state index in [0.717, 1.165) is 13.0 Å². The van der Waals surface area contributed by atoms with Gasteiger partial charge >= 0.3 is 5.97 Å². The van der Waals surface area contributed by atoms with Gasteiger partial charge in [0.05, 0.1) is 6.61 Å². The van der Waals surface area contributed by atoms with E-state index >= 15 is 0 Å². The second kappa shape index (κ2) is 8.15. The minimum atomic E-state index is -1.18. The van der Waals surface area contributed by atoms with E-state index in [9.17, 15) is 9.90 Å². The summed E-state index contributed by atoms with van der Waals surface area (Å²) < 4.78 is 4.82. The van der Waals surface area contributed by atoms with Crippen LogP contribution < -0.4 is 0 Å². The van der Waals surface area contributed by atoms with Crippen LogP contribution in [-0.4, -0.2) is 42.2 Å². The van der Waals surface area contributed by atoms with Crippen molar-refractivity contribution < 1.29 is 14.6 Å². The number of esters is 1. The molecule has 0 radical (unpaired) electrons. The highest BCUT2D eigenvalue weighted by atomic mass is 16.5. The van der Waals surface area contributed by atoms with Gasteiger partial charge in [-0.2, -0.15) is 0 Å². The van der Waals surface area contributed by atoms with Crippen molar-refractivity contribution in [3.63, 3.8) is 0 Å². The quantitative estimate of drug-likeness (QED) is 0.817. The largest absolute Gasteiger partial charge is 0.464 e. The molecular weight excluding hydrogens is 266 g/mol. The van der Waals surface area contributed by atoms with Gasteiger partial charge < -0.3 is 14.7 Å². The van der Waals surface area contributed by atoms with Gasteiger partial charge in [-0.05, 0) is 50.4 Å². The van der Waals surface area contributed by atoms with Crippen molar-refractivity contribution in [3.8, 4) is 0 Å². The third-order valence-electron chi connectivity index (χ3n) is 3.97. The molecule has 0 saturated carbocycles. The van der Waals surface area contributed by atoms with Crippen molar-refractivity contribution in [2.75, 3.05) is 26.2 Å². The number of nitrogens with zero attached hydrogens (tertiary/aromatic N) is 1. The van der Waals surface area contributed by atoms with Crippen molar-refractivity contribution >= 4 is 5.97 Å². The minimum absolute atomic E-state index is 0.282. The van der Waals surface area contributed by atoms with Crippen molar-refractivity contribution in [2.45, 2.75) is 38.7 Å². The summed E-state index contributed by atoms with van der Waals surface area (Å²) in [5, 5.41) is 9.86. The normalized spacial score (nSPS) is 17.4. The monoisotopic (exact) mass is 291 g/mol. The zero-order chi connectivity index (χ0) is 15.1. The predicted molar refractivity (Wildman–Crippen MR) is 82.0 cm³/mol. The van der Waals surface area contributed by atoms with Gasteiger partial charge in [0, 0.05) is 6.54 Å². The second-order valence-corrected chi connectivity index (χ2v) is 5.55. The molecule has 1 aliphatic rings. The van der Waals surface area contributed by atoms with Crippen LogP contribution in [0.4, 0.5) is 0 Å². The molecule has 1 unspecified atom stereocenters. The third kappa shape index (κ3) is 4.83. The van der Waals surface area contributed by atoms with Crippen LogP contribution >= 0.6 is 0 Å². The van der Waals surface area contributed by atoms with Crippen LogP contribution in [0.1, 0.15) is 43.4 Å². The summed E-state index contributed by atoms with van der Waals surface area (Å²) in [6.07, 6.45) is 3.81. The molecule has 4 heteroatoms. The Morgan fingerprint density at radius 1 is 1.24 bits per heavy atom. The average molecular weight is 291 g/mol. The molecule has 1 fully saturated rings. The average Bonchev–Trinajstić information content (AvgIpc) is 2.54. The van der Waals surface area contributed by atoms with Crippen LogP contribution in [0, 0.1) is 0 Å². The lowest BCUT2D eigenvalue weighted by Gasteiger charge is -2.26. The fourth-order valence-electron chi connectivity index (χ4n) is 2.69. The number of hydrogen-bond acceptors (Lipinski definition) is 4. The summed E-state index contributed by atoms with van der Waals surface area (Å²) in [5.74, 6) is -0.585. The highest BCUT2D eigenvalue weighted by Gasteiger charge is 2.18. The number of rotatable bonds is 6. The lowest BCUT2D eigenvalue weighted by Crippen LogP contribution is -2.31. The summed E-state index contributed by atoms with van der Waals surface area (Å²) in [5.41, 5.74) is 1.83. The zero-order valence-electron chi connectivity index (χ0n) is 12.8. The maximum absolute atomic E-state index is 11.5. The third-order valence-corrected chi connectivity index (χ3v) is 3.97. The van der Waals surface area contributed by atoms with Gasteiger partial charge in [-0.15, -0.1) is 0 Å². The van der Waals surface area contributed by atoms with Crippen LogP contribution in [0.2, 0.25) is 0 Å². The SMILES string of the molecule is CCOC(=O)C(O)c1ccc(CCN2CCCCC2)cc1. The molecule has 0 bridgehead atoms. The van der Waals surface area contributed by atoms with E-state index in [-0.39, 0.29) is 6.61 Å². The van der Waals surface area contributed by atoms with E-state index in [1.807, 2.05) is 24.3 Å². The van der Waals surface area contributed by atoms with Crippen LogP contribution in [0.5, 0.6) is 0 Å². The number of likely N-dealkylation sites (tertiary alicyclic amines) is 1. The smallest absolute Gasteiger partial charge is 0.339 e. The Morgan fingerprint density at radius 2 is 1.90 bits per heavy atom. The number of aliphatic hydroxyl groups is 1. The molecule has 1 heterocycles. The summed E-state index contributed by atoms with van der Waals surface area (Å²) in [4.78, 5) is 14.0. The summed E-state index contributed by atoms with van der Waals surface area (Å²) in [6, 6.07) is 7.60. The molecule has 1 saturated heterocycles. The molecule has 1 aliphatic heterocycles. The fraction of sp³-hybridized carbons (Fsp3) is 0.588. The number of benzene rings is 1. The van der Waals surface area contributed by atoms with Crippen LogP contribution in [0.3, 0.4) is 0 Å². The first-order valence-corrected chi connectivity index (χ1v) is 7.86. The molecule has 0 aliphatic carbocycles.